The molecule has 0 aromatic carbocycles. The number of nitrogens with zero attached hydrogens (tertiary/aromatic N) is 9. The summed E-state index contributed by atoms with van der Waals surface area (Å²) in [6.07, 6.45) is 11.5. The summed E-state index contributed by atoms with van der Waals surface area (Å²) in [7, 11) is -1.22. The Kier molecular flexibility index (Phi) is 11.5. The van der Waals surface area contributed by atoms with Crippen LogP contribution < -0.4 is 4.90 Å². The van der Waals surface area contributed by atoms with E-state index in [2.05, 4.69) is 57.0 Å². The number of pyridine rings is 2. The summed E-state index contributed by atoms with van der Waals surface area (Å²) in [4.78, 5) is 28.5. The zero-order valence-electron chi connectivity index (χ0n) is 30.6. The van der Waals surface area contributed by atoms with Gasteiger partial charge in [0.05, 0.1) is 17.2 Å². The molecule has 14 heteroatoms. The number of anilines is 2. The number of fused-ring (bicyclic) bond motifs is 1. The standard InChI is InChI=1S/C36H53N9O3SSi/c1-36(2,3)48-35(46)43-18-16-42(17-19-43)14-9-15-44-25-29(24-38-44)28-22-31-30(37-23-28)12-13-32(39-31)45(26-47-20-21-50(4,5)6)34-41-40-33(49-34)27-10-7-8-11-27/h12-13,22-25,27H,7-11,14-21,26H2,1-6H3. The average molecular weight is 720 g/mol. The molecular weight excluding hydrogens is 667 g/mol. The van der Waals surface area contributed by atoms with Crippen molar-refractivity contribution in [3.63, 3.8) is 0 Å². The van der Waals surface area contributed by atoms with Crippen LogP contribution in [0.25, 0.3) is 22.2 Å². The Hall–Kier alpha value is -3.46. The third-order valence-electron chi connectivity index (χ3n) is 9.23. The van der Waals surface area contributed by atoms with Crippen molar-refractivity contribution in [2.45, 2.75) is 96.6 Å². The van der Waals surface area contributed by atoms with Gasteiger partial charge < -0.3 is 14.4 Å². The van der Waals surface area contributed by atoms with Gasteiger partial charge >= 0.3 is 6.09 Å². The van der Waals surface area contributed by atoms with E-state index in [9.17, 15) is 4.79 Å². The molecular formula is C36H53N9O3SSi. The molecule has 50 heavy (non-hydrogen) atoms. The van der Waals surface area contributed by atoms with Gasteiger partial charge in [-0.05, 0) is 64.3 Å². The van der Waals surface area contributed by atoms with Crippen LogP contribution in [0.5, 0.6) is 0 Å². The molecule has 0 bridgehead atoms. The van der Waals surface area contributed by atoms with E-state index < -0.39 is 13.7 Å². The maximum atomic E-state index is 12.4. The summed E-state index contributed by atoms with van der Waals surface area (Å²) < 4.78 is 13.8. The van der Waals surface area contributed by atoms with Crippen molar-refractivity contribution in [2.75, 3.05) is 51.0 Å². The molecule has 6 rings (SSSR count). The number of ether oxygens (including phenoxy) is 2. The predicted molar refractivity (Wildman–Crippen MR) is 202 cm³/mol. The van der Waals surface area contributed by atoms with Crippen molar-refractivity contribution in [3.8, 4) is 11.1 Å². The molecule has 1 saturated carbocycles. The molecule has 12 nitrogen and oxygen atoms in total. The Morgan fingerprint density at radius 3 is 2.52 bits per heavy atom. The highest BCUT2D eigenvalue weighted by atomic mass is 32.1. The van der Waals surface area contributed by atoms with Gasteiger partial charge in [-0.3, -0.25) is 19.5 Å². The summed E-state index contributed by atoms with van der Waals surface area (Å²) in [6, 6.07) is 7.21. The second-order valence-corrected chi connectivity index (χ2v) is 22.4. The maximum Gasteiger partial charge on any atom is 0.410 e. The van der Waals surface area contributed by atoms with Gasteiger partial charge in [-0.15, -0.1) is 10.2 Å². The molecule has 1 aliphatic carbocycles. The fourth-order valence-electron chi connectivity index (χ4n) is 6.30. The van der Waals surface area contributed by atoms with Gasteiger partial charge in [-0.25, -0.2) is 9.78 Å². The molecule has 1 aliphatic heterocycles. The van der Waals surface area contributed by atoms with Crippen molar-refractivity contribution < 1.29 is 14.3 Å². The highest BCUT2D eigenvalue weighted by Crippen LogP contribution is 2.38. The van der Waals surface area contributed by atoms with E-state index in [1.165, 1.54) is 25.7 Å². The van der Waals surface area contributed by atoms with Crippen molar-refractivity contribution in [3.05, 3.63) is 41.8 Å². The van der Waals surface area contributed by atoms with E-state index in [-0.39, 0.29) is 6.09 Å². The molecule has 5 heterocycles. The number of carbonyl (C=O) groups excluding carboxylic acids is 1. The quantitative estimate of drug-likeness (QED) is 0.0787. The number of rotatable bonds is 13. The number of hydrogen-bond donors (Lipinski definition) is 0. The molecule has 4 aromatic rings. The number of carbonyl (C=O) groups is 1. The first kappa shape index (κ1) is 36.3. The van der Waals surface area contributed by atoms with Crippen LogP contribution in [0.4, 0.5) is 15.7 Å². The van der Waals surface area contributed by atoms with E-state index in [0.717, 1.165) is 76.8 Å². The van der Waals surface area contributed by atoms with Crippen LogP contribution in [-0.4, -0.2) is 106 Å². The smallest absolute Gasteiger partial charge is 0.410 e. The van der Waals surface area contributed by atoms with E-state index in [0.29, 0.717) is 32.3 Å². The molecule has 270 valence electrons. The van der Waals surface area contributed by atoms with E-state index >= 15 is 0 Å². The summed E-state index contributed by atoms with van der Waals surface area (Å²) in [6.45, 7) is 18.8. The maximum absolute atomic E-state index is 12.4. The monoisotopic (exact) mass is 719 g/mol. The number of hydrogen-bond acceptors (Lipinski definition) is 11. The third kappa shape index (κ3) is 9.86. The lowest BCUT2D eigenvalue weighted by atomic mass is 10.1. The van der Waals surface area contributed by atoms with Crippen molar-refractivity contribution >= 4 is 47.5 Å². The van der Waals surface area contributed by atoms with Crippen LogP contribution in [-0.2, 0) is 16.0 Å². The third-order valence-corrected chi connectivity index (χ3v) is 12.0. The predicted octanol–water partition coefficient (Wildman–Crippen LogP) is 7.40. The van der Waals surface area contributed by atoms with E-state index in [4.69, 9.17) is 19.4 Å². The van der Waals surface area contributed by atoms with Crippen LogP contribution >= 0.6 is 11.3 Å². The normalized spacial score (nSPS) is 16.4. The first-order valence-corrected chi connectivity index (χ1v) is 22.6. The Balaban J connectivity index is 1.09. The Morgan fingerprint density at radius 1 is 1.00 bits per heavy atom. The van der Waals surface area contributed by atoms with Gasteiger partial charge in [0, 0.05) is 83.4 Å². The minimum Gasteiger partial charge on any atom is -0.444 e. The number of amides is 1. The van der Waals surface area contributed by atoms with Gasteiger partial charge in [-0.2, -0.15) is 5.10 Å². The van der Waals surface area contributed by atoms with Crippen molar-refractivity contribution in [1.29, 1.82) is 0 Å². The van der Waals surface area contributed by atoms with Crippen LogP contribution in [0.3, 0.4) is 0 Å². The lowest BCUT2D eigenvalue weighted by molar-refractivity contribution is 0.0143. The van der Waals surface area contributed by atoms with Crippen molar-refractivity contribution in [2.24, 2.45) is 0 Å². The number of aromatic nitrogens is 6. The van der Waals surface area contributed by atoms with Gasteiger partial charge in [0.1, 0.15) is 23.2 Å². The Labute approximate surface area is 301 Å². The molecule has 2 aliphatic rings. The number of aryl methyl sites for hydroxylation is 1. The van der Waals surface area contributed by atoms with E-state index in [1.54, 1.807) is 16.2 Å². The van der Waals surface area contributed by atoms with Crippen LogP contribution in [0.15, 0.2) is 36.8 Å². The molecule has 0 N–H and O–H groups in total. The summed E-state index contributed by atoms with van der Waals surface area (Å²) >= 11 is 1.67. The second-order valence-electron chi connectivity index (χ2n) is 15.8. The van der Waals surface area contributed by atoms with Crippen molar-refractivity contribution in [1.82, 2.24) is 39.7 Å². The van der Waals surface area contributed by atoms with E-state index in [1.807, 2.05) is 50.0 Å². The molecule has 1 amide bonds. The largest absolute Gasteiger partial charge is 0.444 e. The zero-order chi connectivity index (χ0) is 35.3. The highest BCUT2D eigenvalue weighted by Gasteiger charge is 2.26. The summed E-state index contributed by atoms with van der Waals surface area (Å²) in [5, 5.41) is 15.8. The van der Waals surface area contributed by atoms with Gasteiger partial charge in [0.25, 0.3) is 0 Å². The molecule has 0 atom stereocenters. The summed E-state index contributed by atoms with van der Waals surface area (Å²) in [5.41, 5.74) is 3.16. The lowest BCUT2D eigenvalue weighted by Crippen LogP contribution is -2.50. The SMILES string of the molecule is CC(C)(C)OC(=O)N1CCN(CCCn2cc(-c3cnc4ccc(N(COCC[Si](C)(C)C)c5nnc(C6CCCC6)s5)nc4c3)cn2)CC1. The molecule has 0 unspecified atom stereocenters. The van der Waals surface area contributed by atoms with Crippen LogP contribution in [0.2, 0.25) is 25.7 Å². The first-order chi connectivity index (χ1) is 23.9. The van der Waals surface area contributed by atoms with Gasteiger partial charge in [-0.1, -0.05) is 43.8 Å². The minimum absolute atomic E-state index is 0.222. The zero-order valence-corrected chi connectivity index (χ0v) is 32.4. The highest BCUT2D eigenvalue weighted by molar-refractivity contribution is 7.15. The Morgan fingerprint density at radius 2 is 1.78 bits per heavy atom. The Bertz CT molecular complexity index is 1720. The van der Waals surface area contributed by atoms with Crippen LogP contribution in [0.1, 0.15) is 63.8 Å². The fourth-order valence-corrected chi connectivity index (χ4v) is 8.07. The molecule has 0 spiro atoms. The van der Waals surface area contributed by atoms with Gasteiger partial charge in [0.15, 0.2) is 0 Å². The van der Waals surface area contributed by atoms with Crippen LogP contribution in [0, 0.1) is 0 Å². The number of piperazine rings is 1. The molecule has 2 fully saturated rings. The molecule has 1 saturated heterocycles. The molecule has 4 aromatic heterocycles. The second kappa shape index (κ2) is 15.8. The minimum atomic E-state index is -1.22. The average Bonchev–Trinajstić information content (AvgIpc) is 3.86. The lowest BCUT2D eigenvalue weighted by Gasteiger charge is -2.35. The topological polar surface area (TPSA) is 115 Å². The van der Waals surface area contributed by atoms with Gasteiger partial charge in [0.2, 0.25) is 5.13 Å². The summed E-state index contributed by atoms with van der Waals surface area (Å²) in [5.74, 6) is 1.29. The molecule has 0 radical (unpaired) electrons. The fraction of sp³-hybridized carbons (Fsp3) is 0.611. The first-order valence-electron chi connectivity index (χ1n) is 18.1.